The molecule has 1 fully saturated rings. The van der Waals surface area contributed by atoms with E-state index >= 15 is 0 Å². The summed E-state index contributed by atoms with van der Waals surface area (Å²) in [5.74, 6) is -1.59. The molecule has 1 aliphatic rings. The first-order valence-corrected chi connectivity index (χ1v) is 8.65. The van der Waals surface area contributed by atoms with Crippen LogP contribution in [0, 0.1) is 11.6 Å². The summed E-state index contributed by atoms with van der Waals surface area (Å²) in [7, 11) is 0. The first-order chi connectivity index (χ1) is 13.0. The molecule has 6 nitrogen and oxygen atoms in total. The zero-order chi connectivity index (χ0) is 19.0. The Morgan fingerprint density at radius 1 is 1.17 bits per heavy atom. The van der Waals surface area contributed by atoms with Crippen molar-refractivity contribution in [2.24, 2.45) is 5.73 Å². The van der Waals surface area contributed by atoms with Crippen LogP contribution in [0.25, 0.3) is 22.4 Å². The summed E-state index contributed by atoms with van der Waals surface area (Å²) in [5, 5.41) is 2.81. The largest absolute Gasteiger partial charge is 0.364 e. The Morgan fingerprint density at radius 3 is 2.52 bits per heavy atom. The van der Waals surface area contributed by atoms with Crippen molar-refractivity contribution in [3.8, 4) is 11.4 Å². The molecule has 1 saturated heterocycles. The number of nitrogens with one attached hydrogen (secondary N) is 2. The van der Waals surface area contributed by atoms with Crippen LogP contribution in [0.1, 0.15) is 12.8 Å². The van der Waals surface area contributed by atoms with Crippen LogP contribution in [0.15, 0.2) is 36.4 Å². The number of nitrogens with two attached hydrogens (primary N) is 1. The number of ether oxygens (including phenoxy) is 1. The molecule has 1 aromatic heterocycles. The first kappa shape index (κ1) is 23.0. The van der Waals surface area contributed by atoms with Crippen molar-refractivity contribution in [2.45, 2.75) is 25.0 Å². The number of carbonyl (C=O) groups is 1. The summed E-state index contributed by atoms with van der Waals surface area (Å²) in [5.41, 5.74) is 7.66. The molecule has 0 unspecified atom stereocenters. The van der Waals surface area contributed by atoms with Gasteiger partial charge in [-0.2, -0.15) is 0 Å². The van der Waals surface area contributed by atoms with E-state index < -0.39 is 17.7 Å². The predicted molar refractivity (Wildman–Crippen MR) is 112 cm³/mol. The number of hydrogen-bond donors (Lipinski definition) is 3. The Kier molecular flexibility index (Phi) is 7.54. The van der Waals surface area contributed by atoms with Crippen molar-refractivity contribution in [3.05, 3.63) is 48.0 Å². The van der Waals surface area contributed by atoms with Gasteiger partial charge < -0.3 is 20.8 Å². The van der Waals surface area contributed by atoms with E-state index in [9.17, 15) is 13.6 Å². The maximum atomic E-state index is 13.3. The first-order valence-electron chi connectivity index (χ1n) is 8.65. The average molecular weight is 445 g/mol. The number of halogens is 4. The van der Waals surface area contributed by atoms with Gasteiger partial charge in [0, 0.05) is 29.9 Å². The lowest BCUT2D eigenvalue weighted by molar-refractivity contribution is -0.126. The van der Waals surface area contributed by atoms with E-state index in [1.165, 1.54) is 0 Å². The van der Waals surface area contributed by atoms with Crippen LogP contribution in [0.5, 0.6) is 0 Å². The molecular weight excluding hydrogens is 425 g/mol. The van der Waals surface area contributed by atoms with Crippen LogP contribution < -0.4 is 11.1 Å². The van der Waals surface area contributed by atoms with Crippen molar-refractivity contribution >= 4 is 47.4 Å². The van der Waals surface area contributed by atoms with E-state index in [1.54, 1.807) is 24.3 Å². The van der Waals surface area contributed by atoms with Crippen molar-refractivity contribution in [1.82, 2.24) is 9.97 Å². The molecule has 2 heterocycles. The number of benzene rings is 2. The third kappa shape index (κ3) is 4.84. The lowest BCUT2D eigenvalue weighted by Crippen LogP contribution is -2.29. The highest BCUT2D eigenvalue weighted by atomic mass is 35.5. The number of imidazole rings is 1. The van der Waals surface area contributed by atoms with Crippen LogP contribution in [-0.4, -0.2) is 34.6 Å². The number of anilines is 1. The monoisotopic (exact) mass is 444 g/mol. The van der Waals surface area contributed by atoms with Gasteiger partial charge in [-0.05, 0) is 37.1 Å². The molecule has 0 spiro atoms. The van der Waals surface area contributed by atoms with Crippen LogP contribution in [-0.2, 0) is 9.53 Å². The van der Waals surface area contributed by atoms with E-state index in [0.717, 1.165) is 24.1 Å². The molecule has 2 atom stereocenters. The Hall–Kier alpha value is -2.26. The van der Waals surface area contributed by atoms with E-state index in [2.05, 4.69) is 15.3 Å². The van der Waals surface area contributed by atoms with Crippen LogP contribution in [0.2, 0.25) is 0 Å². The molecule has 10 heteroatoms. The van der Waals surface area contributed by atoms with Crippen LogP contribution in [0.4, 0.5) is 14.5 Å². The summed E-state index contributed by atoms with van der Waals surface area (Å²) in [6, 6.07) is 9.12. The minimum Gasteiger partial charge on any atom is -0.364 e. The molecule has 1 aliphatic heterocycles. The fraction of sp³-hybridized carbons (Fsp3) is 0.263. The minimum atomic E-state index is -0.940. The maximum absolute atomic E-state index is 13.3. The molecule has 3 aromatic rings. The summed E-state index contributed by atoms with van der Waals surface area (Å²) in [6.07, 6.45) is 0.878. The Labute approximate surface area is 178 Å². The molecule has 156 valence electrons. The zero-order valence-electron chi connectivity index (χ0n) is 15.2. The van der Waals surface area contributed by atoms with E-state index in [1.807, 2.05) is 0 Å². The van der Waals surface area contributed by atoms with Gasteiger partial charge in [-0.3, -0.25) is 4.79 Å². The average Bonchev–Trinajstić information content (AvgIpc) is 3.29. The van der Waals surface area contributed by atoms with Crippen molar-refractivity contribution in [1.29, 1.82) is 0 Å². The topological polar surface area (TPSA) is 93.0 Å². The molecule has 1 amide bonds. The number of aromatic amines is 1. The van der Waals surface area contributed by atoms with Gasteiger partial charge in [-0.25, -0.2) is 13.8 Å². The highest BCUT2D eigenvalue weighted by Crippen LogP contribution is 2.25. The summed E-state index contributed by atoms with van der Waals surface area (Å²) in [4.78, 5) is 19.5. The van der Waals surface area contributed by atoms with Gasteiger partial charge in [0.1, 0.15) is 11.9 Å². The second kappa shape index (κ2) is 9.49. The summed E-state index contributed by atoms with van der Waals surface area (Å²) < 4.78 is 32.2. The van der Waals surface area contributed by atoms with Crippen molar-refractivity contribution < 1.29 is 18.3 Å². The molecular formula is C19H20Cl2F2N4O2. The number of amides is 1. The maximum Gasteiger partial charge on any atom is 0.253 e. The van der Waals surface area contributed by atoms with Gasteiger partial charge in [0.15, 0.2) is 11.6 Å². The molecule has 0 aliphatic carbocycles. The summed E-state index contributed by atoms with van der Waals surface area (Å²) in [6.45, 7) is 0.407. The van der Waals surface area contributed by atoms with Crippen LogP contribution >= 0.6 is 24.8 Å². The van der Waals surface area contributed by atoms with E-state index in [0.29, 0.717) is 35.5 Å². The van der Waals surface area contributed by atoms with Gasteiger partial charge in [0.05, 0.1) is 17.1 Å². The number of H-pyrrole nitrogens is 1. The third-order valence-electron chi connectivity index (χ3n) is 4.61. The Balaban J connectivity index is 0.00000150. The third-order valence-corrected chi connectivity index (χ3v) is 4.61. The number of nitrogens with zero attached hydrogens (tertiary/aromatic N) is 1. The van der Waals surface area contributed by atoms with Gasteiger partial charge >= 0.3 is 0 Å². The second-order valence-corrected chi connectivity index (χ2v) is 6.50. The second-order valence-electron chi connectivity index (χ2n) is 6.50. The smallest absolute Gasteiger partial charge is 0.253 e. The Morgan fingerprint density at radius 2 is 1.86 bits per heavy atom. The molecule has 29 heavy (non-hydrogen) atoms. The highest BCUT2D eigenvalue weighted by Gasteiger charge is 2.29. The van der Waals surface area contributed by atoms with Gasteiger partial charge in [0.25, 0.3) is 5.91 Å². The fourth-order valence-electron chi connectivity index (χ4n) is 3.15. The van der Waals surface area contributed by atoms with Gasteiger partial charge in [0.2, 0.25) is 0 Å². The molecule has 2 aromatic carbocycles. The minimum absolute atomic E-state index is 0. The van der Waals surface area contributed by atoms with Crippen LogP contribution in [0.3, 0.4) is 0 Å². The zero-order valence-corrected chi connectivity index (χ0v) is 16.8. The number of fused-ring (bicyclic) bond motifs is 1. The van der Waals surface area contributed by atoms with E-state index in [4.69, 9.17) is 10.5 Å². The van der Waals surface area contributed by atoms with Gasteiger partial charge in [-0.15, -0.1) is 24.8 Å². The Bertz CT molecular complexity index is 959. The molecule has 0 radical (unpaired) electrons. The molecule has 0 bridgehead atoms. The predicted octanol–water partition coefficient (Wildman–Crippen LogP) is 3.80. The molecule has 4 rings (SSSR count). The van der Waals surface area contributed by atoms with Crippen molar-refractivity contribution in [3.63, 3.8) is 0 Å². The number of rotatable bonds is 4. The van der Waals surface area contributed by atoms with E-state index in [-0.39, 0.29) is 36.8 Å². The fourth-order valence-corrected chi connectivity index (χ4v) is 3.15. The van der Waals surface area contributed by atoms with Gasteiger partial charge in [-0.1, -0.05) is 0 Å². The standard InChI is InChI=1S/C19H18F2N4O2.2ClH/c20-13-7-15-16(8-14(13)21)25-18(24-15)10-1-3-11(4-2-10)23-19(26)17-6-5-12(9-22)27-17;;/h1-4,7-8,12,17H,5-6,9,22H2,(H,23,26)(H,24,25);2*1H/t12-,17+;;/m1../s1. The lowest BCUT2D eigenvalue weighted by atomic mass is 10.1. The number of aromatic nitrogens is 2. The normalized spacial score (nSPS) is 18.2. The molecule has 0 saturated carbocycles. The summed E-state index contributed by atoms with van der Waals surface area (Å²) >= 11 is 0. The SMILES string of the molecule is Cl.Cl.NC[C@H]1CC[C@@H](C(=O)Nc2ccc(-c3nc4cc(F)c(F)cc4[nH]3)cc2)O1. The highest BCUT2D eigenvalue weighted by molar-refractivity contribution is 5.94. The molecule has 4 N–H and O–H groups in total. The number of carbonyl (C=O) groups excluding carboxylic acids is 1. The lowest BCUT2D eigenvalue weighted by Gasteiger charge is -2.12. The van der Waals surface area contributed by atoms with Crippen molar-refractivity contribution in [2.75, 3.05) is 11.9 Å². The number of hydrogen-bond acceptors (Lipinski definition) is 4. The quantitative estimate of drug-likeness (QED) is 0.570.